The fraction of sp³-hybridized carbons (Fsp3) is 0.231. The molecule has 0 spiro atoms. The van der Waals surface area contributed by atoms with E-state index < -0.39 is 6.10 Å². The van der Waals surface area contributed by atoms with Crippen LogP contribution >= 0.6 is 0 Å². The molecule has 1 heterocycles. The van der Waals surface area contributed by atoms with Crippen molar-refractivity contribution in [2.24, 2.45) is 0 Å². The van der Waals surface area contributed by atoms with Crippen molar-refractivity contribution in [2.45, 2.75) is 20.0 Å². The summed E-state index contributed by atoms with van der Waals surface area (Å²) in [5.74, 6) is 0.502. The molecule has 2 N–H and O–H groups in total. The van der Waals surface area contributed by atoms with E-state index in [0.717, 1.165) is 5.56 Å². The van der Waals surface area contributed by atoms with Gasteiger partial charge in [0.2, 0.25) is 0 Å². The van der Waals surface area contributed by atoms with Crippen LogP contribution in [0.3, 0.4) is 0 Å². The number of rotatable bonds is 1. The van der Waals surface area contributed by atoms with Crippen molar-refractivity contribution in [1.82, 2.24) is 0 Å². The average molecular weight is 218 g/mol. The molecule has 1 atom stereocenters. The zero-order valence-corrected chi connectivity index (χ0v) is 9.27. The van der Waals surface area contributed by atoms with Crippen molar-refractivity contribution in [3.63, 3.8) is 0 Å². The van der Waals surface area contributed by atoms with Gasteiger partial charge in [-0.05, 0) is 13.8 Å². The van der Waals surface area contributed by atoms with E-state index in [-0.39, 0.29) is 11.5 Å². The van der Waals surface area contributed by atoms with Gasteiger partial charge in [-0.2, -0.15) is 0 Å². The van der Waals surface area contributed by atoms with Crippen LogP contribution in [0.15, 0.2) is 47.4 Å². The first-order valence-electron chi connectivity index (χ1n) is 5.16. The van der Waals surface area contributed by atoms with Gasteiger partial charge in [0.05, 0.1) is 0 Å². The smallest absolute Gasteiger partial charge is 0.169 e. The summed E-state index contributed by atoms with van der Waals surface area (Å²) in [6.07, 6.45) is -0.425. The Bertz CT molecular complexity index is 457. The van der Waals surface area contributed by atoms with E-state index in [1.807, 2.05) is 30.3 Å². The molecule has 1 aliphatic heterocycles. The van der Waals surface area contributed by atoms with Gasteiger partial charge in [0, 0.05) is 11.1 Å². The van der Waals surface area contributed by atoms with Gasteiger partial charge in [0.1, 0.15) is 5.76 Å². The lowest BCUT2D eigenvalue weighted by atomic mass is 10.0. The number of aliphatic hydroxyl groups excluding tert-OH is 2. The first kappa shape index (κ1) is 10.6. The SMILES string of the molecule is CC1=C(O)C(C)OC(c2ccccc2)=C1O. The van der Waals surface area contributed by atoms with Gasteiger partial charge in [-0.3, -0.25) is 0 Å². The zero-order valence-electron chi connectivity index (χ0n) is 9.27. The molecule has 0 radical (unpaired) electrons. The lowest BCUT2D eigenvalue weighted by Crippen LogP contribution is -2.19. The number of aliphatic hydroxyl groups is 2. The maximum absolute atomic E-state index is 9.92. The molecule has 0 aliphatic carbocycles. The number of ether oxygens (including phenoxy) is 1. The molecule has 0 bridgehead atoms. The predicted octanol–water partition coefficient (Wildman–Crippen LogP) is 3.16. The van der Waals surface area contributed by atoms with Gasteiger partial charge in [-0.25, -0.2) is 0 Å². The predicted molar refractivity (Wildman–Crippen MR) is 61.9 cm³/mol. The van der Waals surface area contributed by atoms with Crippen molar-refractivity contribution < 1.29 is 14.9 Å². The molecule has 1 unspecified atom stereocenters. The Morgan fingerprint density at radius 2 is 1.75 bits per heavy atom. The summed E-state index contributed by atoms with van der Waals surface area (Å²) in [5, 5.41) is 19.6. The molecule has 1 aliphatic rings. The summed E-state index contributed by atoms with van der Waals surface area (Å²) >= 11 is 0. The number of allylic oxidation sites excluding steroid dienone is 1. The van der Waals surface area contributed by atoms with E-state index >= 15 is 0 Å². The Hall–Kier alpha value is -1.90. The summed E-state index contributed by atoms with van der Waals surface area (Å²) in [6.45, 7) is 3.42. The highest BCUT2D eigenvalue weighted by atomic mass is 16.5. The molecule has 16 heavy (non-hydrogen) atoms. The lowest BCUT2D eigenvalue weighted by Gasteiger charge is -2.24. The van der Waals surface area contributed by atoms with Gasteiger partial charge < -0.3 is 14.9 Å². The van der Waals surface area contributed by atoms with E-state index in [9.17, 15) is 10.2 Å². The molecule has 84 valence electrons. The maximum Gasteiger partial charge on any atom is 0.169 e. The summed E-state index contributed by atoms with van der Waals surface area (Å²) in [4.78, 5) is 0. The van der Waals surface area contributed by atoms with Crippen molar-refractivity contribution in [3.8, 4) is 0 Å². The van der Waals surface area contributed by atoms with Crippen LogP contribution in [-0.2, 0) is 4.74 Å². The Labute approximate surface area is 94.3 Å². The second-order valence-electron chi connectivity index (χ2n) is 3.81. The van der Waals surface area contributed by atoms with E-state index in [1.165, 1.54) is 0 Å². The van der Waals surface area contributed by atoms with Crippen LogP contribution in [0.2, 0.25) is 0 Å². The largest absolute Gasteiger partial charge is 0.508 e. The van der Waals surface area contributed by atoms with Crippen LogP contribution < -0.4 is 0 Å². The van der Waals surface area contributed by atoms with Gasteiger partial charge in [0.25, 0.3) is 0 Å². The molecule has 0 amide bonds. The first-order valence-corrected chi connectivity index (χ1v) is 5.16. The fourth-order valence-corrected chi connectivity index (χ4v) is 1.68. The van der Waals surface area contributed by atoms with Gasteiger partial charge in [-0.1, -0.05) is 30.3 Å². The van der Waals surface area contributed by atoms with Crippen LogP contribution in [0.1, 0.15) is 19.4 Å². The van der Waals surface area contributed by atoms with E-state index in [1.54, 1.807) is 13.8 Å². The average Bonchev–Trinajstić information content (AvgIpc) is 2.32. The summed E-state index contributed by atoms with van der Waals surface area (Å²) in [7, 11) is 0. The Morgan fingerprint density at radius 3 is 2.38 bits per heavy atom. The highest BCUT2D eigenvalue weighted by Gasteiger charge is 2.25. The first-order chi connectivity index (χ1) is 7.61. The summed E-state index contributed by atoms with van der Waals surface area (Å²) in [6, 6.07) is 9.35. The molecule has 0 saturated carbocycles. The molecule has 1 aromatic rings. The third-order valence-corrected chi connectivity index (χ3v) is 2.67. The monoisotopic (exact) mass is 218 g/mol. The molecule has 1 aromatic carbocycles. The molecule has 3 nitrogen and oxygen atoms in total. The van der Waals surface area contributed by atoms with Gasteiger partial charge in [-0.15, -0.1) is 0 Å². The number of benzene rings is 1. The van der Waals surface area contributed by atoms with Crippen LogP contribution in [-0.4, -0.2) is 16.3 Å². The third-order valence-electron chi connectivity index (χ3n) is 2.67. The van der Waals surface area contributed by atoms with Crippen LogP contribution in [0, 0.1) is 0 Å². The van der Waals surface area contributed by atoms with Crippen LogP contribution in [0.25, 0.3) is 5.76 Å². The summed E-state index contributed by atoms with van der Waals surface area (Å²) < 4.78 is 5.49. The van der Waals surface area contributed by atoms with Crippen molar-refractivity contribution >= 4 is 5.76 Å². The van der Waals surface area contributed by atoms with Crippen LogP contribution in [0.5, 0.6) is 0 Å². The quantitative estimate of drug-likeness (QED) is 0.761. The van der Waals surface area contributed by atoms with Crippen LogP contribution in [0.4, 0.5) is 0 Å². The highest BCUT2D eigenvalue weighted by Crippen LogP contribution is 2.32. The minimum absolute atomic E-state index is 0.00167. The Kier molecular flexibility index (Phi) is 2.60. The molecule has 0 saturated heterocycles. The molecule has 0 aromatic heterocycles. The standard InChI is InChI=1S/C13H14O3/c1-8-11(14)9(2)16-13(12(8)15)10-6-4-3-5-7-10/h3-7,9,14-15H,1-2H3. The Balaban J connectivity index is 2.50. The molecular weight excluding hydrogens is 204 g/mol. The normalized spacial score (nSPS) is 21.0. The second-order valence-corrected chi connectivity index (χ2v) is 3.81. The third kappa shape index (κ3) is 1.65. The zero-order chi connectivity index (χ0) is 11.7. The molecule has 0 fully saturated rings. The molecule has 3 heteroatoms. The molecular formula is C13H14O3. The van der Waals surface area contributed by atoms with Crippen molar-refractivity contribution in [3.05, 3.63) is 53.0 Å². The number of hydrogen-bond acceptors (Lipinski definition) is 3. The molecule has 2 rings (SSSR count). The topological polar surface area (TPSA) is 49.7 Å². The van der Waals surface area contributed by atoms with Crippen molar-refractivity contribution in [2.75, 3.05) is 0 Å². The maximum atomic E-state index is 9.92. The van der Waals surface area contributed by atoms with Gasteiger partial charge in [0.15, 0.2) is 17.6 Å². The second kappa shape index (κ2) is 3.93. The minimum atomic E-state index is -0.425. The van der Waals surface area contributed by atoms with E-state index in [4.69, 9.17) is 4.74 Å². The van der Waals surface area contributed by atoms with Gasteiger partial charge >= 0.3 is 0 Å². The van der Waals surface area contributed by atoms with E-state index in [2.05, 4.69) is 0 Å². The highest BCUT2D eigenvalue weighted by molar-refractivity contribution is 5.67. The lowest BCUT2D eigenvalue weighted by molar-refractivity contribution is 0.142. The minimum Gasteiger partial charge on any atom is -0.508 e. The summed E-state index contributed by atoms with van der Waals surface area (Å²) in [5.41, 5.74) is 1.27. The van der Waals surface area contributed by atoms with E-state index in [0.29, 0.717) is 11.3 Å². The number of hydrogen-bond donors (Lipinski definition) is 2. The Morgan fingerprint density at radius 1 is 1.12 bits per heavy atom. The fourth-order valence-electron chi connectivity index (χ4n) is 1.68. The van der Waals surface area contributed by atoms with Crippen molar-refractivity contribution in [1.29, 1.82) is 0 Å².